The number of aromatic hydroxyl groups is 1. The number of urea groups is 1. The van der Waals surface area contributed by atoms with Gasteiger partial charge in [-0.1, -0.05) is 78.9 Å². The van der Waals surface area contributed by atoms with Gasteiger partial charge in [0, 0.05) is 31.4 Å². The fraction of sp³-hybridized carbons (Fsp3) is 0.231. The number of nitrogens with zero attached hydrogens (tertiary/aromatic N) is 7. The second-order valence-electron chi connectivity index (χ2n) is 13.1. The van der Waals surface area contributed by atoms with Crippen LogP contribution >= 0.6 is 0 Å². The summed E-state index contributed by atoms with van der Waals surface area (Å²) in [4.78, 5) is 45.9. The number of carbonyl (C=O) groups excluding carboxylic acids is 3. The van der Waals surface area contributed by atoms with Gasteiger partial charge in [-0.2, -0.15) is 5.10 Å². The summed E-state index contributed by atoms with van der Waals surface area (Å²) in [6.07, 6.45) is 2.71. The number of phenols is 1. The molecular weight excluding hydrogens is 676 g/mol. The maximum Gasteiger partial charge on any atom is 0.334 e. The molecule has 272 valence electrons. The number of rotatable bonds is 11. The lowest BCUT2D eigenvalue weighted by Crippen LogP contribution is -2.76. The molecule has 0 bridgehead atoms. The number of hydrogen-bond donors (Lipinski definition) is 4. The number of amides is 4. The van der Waals surface area contributed by atoms with Crippen LogP contribution in [0.3, 0.4) is 0 Å². The molecule has 2 atom stereocenters. The summed E-state index contributed by atoms with van der Waals surface area (Å²) in [6.45, 7) is 4.76. The average molecular weight is 717 g/mol. The minimum absolute atomic E-state index is 0.0401. The quantitative estimate of drug-likeness (QED) is 0.117. The number of nitrogens with one attached hydrogen (secondary N) is 1. The van der Waals surface area contributed by atoms with Crippen LogP contribution in [0, 0.1) is 0 Å². The second-order valence-corrected chi connectivity index (χ2v) is 13.1. The molecule has 4 amide bonds. The summed E-state index contributed by atoms with van der Waals surface area (Å²) in [7, 11) is 0. The molecular formula is C39H40N8O6. The maximum atomic E-state index is 14.6. The molecule has 1 aromatic heterocycles. The van der Waals surface area contributed by atoms with Crippen LogP contribution in [-0.4, -0.2) is 94.8 Å². The average Bonchev–Trinajstić information content (AvgIpc) is 3.57. The Hall–Kier alpha value is -6.22. The number of fused-ring (bicyclic) bond motifs is 2. The van der Waals surface area contributed by atoms with Crippen LogP contribution in [0.15, 0.2) is 116 Å². The van der Waals surface area contributed by atoms with Gasteiger partial charge in [-0.25, -0.2) is 14.8 Å². The summed E-state index contributed by atoms with van der Waals surface area (Å²) in [5, 5.41) is 40.8. The topological polar surface area (TPSA) is 158 Å². The highest BCUT2D eigenvalue weighted by atomic mass is 16.8. The number of hydrazine groups is 1. The molecule has 53 heavy (non-hydrogen) atoms. The fourth-order valence-electron chi connectivity index (χ4n) is 7.18. The lowest BCUT2D eigenvalue weighted by molar-refractivity contribution is -0.189. The van der Waals surface area contributed by atoms with E-state index in [4.69, 9.17) is 0 Å². The van der Waals surface area contributed by atoms with Crippen molar-refractivity contribution in [2.45, 2.75) is 38.3 Å². The third kappa shape index (κ3) is 7.42. The SMILES string of the molecule is C=CCN1CC(=O)N2[C@@H](Cc3ccc(O)cc3)C(=O)N(Cc3cccc4cnn(Cc5cccc(N(O)O)c5)c34)C[C@@H]2N1C(=O)NCc1ccccc1. The Morgan fingerprint density at radius 3 is 2.43 bits per heavy atom. The van der Waals surface area contributed by atoms with Crippen LogP contribution in [0.1, 0.15) is 22.3 Å². The van der Waals surface area contributed by atoms with E-state index in [1.165, 1.54) is 4.90 Å². The van der Waals surface area contributed by atoms with Crippen molar-refractivity contribution in [3.63, 3.8) is 0 Å². The van der Waals surface area contributed by atoms with Crippen molar-refractivity contribution in [3.8, 4) is 5.75 Å². The van der Waals surface area contributed by atoms with Gasteiger partial charge in [-0.05, 0) is 46.5 Å². The Morgan fingerprint density at radius 1 is 0.925 bits per heavy atom. The van der Waals surface area contributed by atoms with E-state index in [0.717, 1.165) is 33.2 Å². The second kappa shape index (κ2) is 15.2. The number of benzene rings is 4. The molecule has 0 spiro atoms. The zero-order valence-electron chi connectivity index (χ0n) is 28.9. The number of anilines is 1. The van der Waals surface area contributed by atoms with Gasteiger partial charge in [0.25, 0.3) is 0 Å². The Balaban J connectivity index is 1.25. The van der Waals surface area contributed by atoms with E-state index in [9.17, 15) is 29.9 Å². The van der Waals surface area contributed by atoms with Crippen molar-refractivity contribution < 1.29 is 29.9 Å². The molecule has 0 unspecified atom stereocenters. The standard InChI is InChI=1S/C39H40N8O6/c1-2-18-43-26-36(49)45-34(20-27-14-16-33(48)17-15-27)38(50)42(25-35(45)46(43)39(51)40-21-28-8-4-3-5-9-28)24-31-12-7-11-30-22-41-44(37(30)31)23-29-10-6-13-32(19-29)47(52)53/h2-17,19,22,34-35,48,52-53H,1,18,20-21,23-26H2,(H,40,51)/t34-,35-/m0/s1. The van der Waals surface area contributed by atoms with Crippen LogP contribution < -0.4 is 10.5 Å². The highest BCUT2D eigenvalue weighted by molar-refractivity contribution is 5.92. The lowest BCUT2D eigenvalue weighted by atomic mass is 9.98. The van der Waals surface area contributed by atoms with E-state index in [0.29, 0.717) is 6.54 Å². The molecule has 5 aromatic rings. The van der Waals surface area contributed by atoms with Crippen molar-refractivity contribution in [3.05, 3.63) is 138 Å². The number of phenolic OH excluding ortho intramolecular Hbond substituents is 1. The molecule has 2 aliphatic heterocycles. The molecule has 14 nitrogen and oxygen atoms in total. The Morgan fingerprint density at radius 2 is 1.68 bits per heavy atom. The molecule has 4 N–H and O–H groups in total. The van der Waals surface area contributed by atoms with Crippen LogP contribution in [-0.2, 0) is 35.6 Å². The summed E-state index contributed by atoms with van der Waals surface area (Å²) < 4.78 is 1.80. The summed E-state index contributed by atoms with van der Waals surface area (Å²) >= 11 is 0. The minimum Gasteiger partial charge on any atom is -0.508 e. The first kappa shape index (κ1) is 35.2. The van der Waals surface area contributed by atoms with Crippen LogP contribution in [0.4, 0.5) is 10.5 Å². The highest BCUT2D eigenvalue weighted by Gasteiger charge is 2.51. The van der Waals surface area contributed by atoms with Gasteiger partial charge in [0.15, 0.2) is 0 Å². The normalized spacial score (nSPS) is 17.6. The summed E-state index contributed by atoms with van der Waals surface area (Å²) in [5.74, 6) is -0.473. The highest BCUT2D eigenvalue weighted by Crippen LogP contribution is 2.31. The van der Waals surface area contributed by atoms with Crippen LogP contribution in [0.5, 0.6) is 5.75 Å². The molecule has 0 saturated carbocycles. The molecule has 2 saturated heterocycles. The van der Waals surface area contributed by atoms with Crippen molar-refractivity contribution in [2.75, 3.05) is 24.9 Å². The third-order valence-corrected chi connectivity index (χ3v) is 9.61. The van der Waals surface area contributed by atoms with Crippen molar-refractivity contribution in [1.29, 1.82) is 0 Å². The smallest absolute Gasteiger partial charge is 0.334 e. The van der Waals surface area contributed by atoms with E-state index >= 15 is 0 Å². The Bertz CT molecular complexity index is 2120. The largest absolute Gasteiger partial charge is 0.508 e. The fourth-order valence-corrected chi connectivity index (χ4v) is 7.18. The molecule has 2 aliphatic rings. The van der Waals surface area contributed by atoms with Gasteiger partial charge in [0.2, 0.25) is 11.8 Å². The number of para-hydroxylation sites is 1. The predicted octanol–water partition coefficient (Wildman–Crippen LogP) is 4.11. The molecule has 3 heterocycles. The summed E-state index contributed by atoms with van der Waals surface area (Å²) in [6, 6.07) is 27.2. The van der Waals surface area contributed by atoms with Crippen molar-refractivity contribution >= 4 is 34.4 Å². The van der Waals surface area contributed by atoms with E-state index in [-0.39, 0.29) is 67.6 Å². The van der Waals surface area contributed by atoms with Gasteiger partial charge in [-0.15, -0.1) is 11.8 Å². The first-order valence-corrected chi connectivity index (χ1v) is 17.2. The number of piperazine rings is 1. The van der Waals surface area contributed by atoms with E-state index < -0.39 is 18.2 Å². The molecule has 7 rings (SSSR count). The van der Waals surface area contributed by atoms with Gasteiger partial charge in [0.05, 0.1) is 37.0 Å². The zero-order valence-corrected chi connectivity index (χ0v) is 28.9. The van der Waals surface area contributed by atoms with Crippen LogP contribution in [0.2, 0.25) is 0 Å². The van der Waals surface area contributed by atoms with Gasteiger partial charge < -0.3 is 20.2 Å². The van der Waals surface area contributed by atoms with E-state index in [2.05, 4.69) is 17.0 Å². The van der Waals surface area contributed by atoms with E-state index in [1.54, 1.807) is 74.3 Å². The molecule has 14 heteroatoms. The van der Waals surface area contributed by atoms with Crippen molar-refractivity contribution in [2.24, 2.45) is 0 Å². The monoisotopic (exact) mass is 716 g/mol. The lowest BCUT2D eigenvalue weighted by Gasteiger charge is -2.55. The number of hydrogen-bond acceptors (Lipinski definition) is 9. The van der Waals surface area contributed by atoms with Crippen LogP contribution in [0.25, 0.3) is 10.9 Å². The first-order chi connectivity index (χ1) is 25.7. The molecule has 0 aliphatic carbocycles. The van der Waals surface area contributed by atoms with Gasteiger partial charge in [-0.3, -0.25) is 24.7 Å². The maximum absolute atomic E-state index is 14.6. The first-order valence-electron chi connectivity index (χ1n) is 17.2. The van der Waals surface area contributed by atoms with Gasteiger partial charge >= 0.3 is 6.03 Å². The molecule has 0 radical (unpaired) electrons. The Kier molecular flexibility index (Phi) is 10.1. The Labute approximate surface area is 305 Å². The molecule has 4 aromatic carbocycles. The minimum atomic E-state index is -0.937. The summed E-state index contributed by atoms with van der Waals surface area (Å²) in [5.41, 5.74) is 4.22. The van der Waals surface area contributed by atoms with Gasteiger partial charge in [0.1, 0.15) is 18.0 Å². The van der Waals surface area contributed by atoms with E-state index in [1.807, 2.05) is 54.6 Å². The van der Waals surface area contributed by atoms with Crippen molar-refractivity contribution in [1.82, 2.24) is 34.9 Å². The third-order valence-electron chi connectivity index (χ3n) is 9.61. The zero-order chi connectivity index (χ0) is 37.1. The molecule has 2 fully saturated rings. The number of carbonyl (C=O) groups is 3. The predicted molar refractivity (Wildman–Crippen MR) is 195 cm³/mol. The number of aromatic nitrogens is 2.